The van der Waals surface area contributed by atoms with E-state index in [1.165, 1.54) is 11.1 Å². The molecule has 1 fully saturated rings. The Morgan fingerprint density at radius 2 is 1.95 bits per heavy atom. The van der Waals surface area contributed by atoms with Crippen LogP contribution in [0.3, 0.4) is 0 Å². The number of ether oxygens (including phenoxy) is 1. The lowest BCUT2D eigenvalue weighted by Gasteiger charge is -2.30. The molecule has 2 aromatic rings. The maximum Gasteiger partial charge on any atom is 0.324 e. The molecule has 8 nitrogen and oxygen atoms in total. The molecule has 0 saturated carbocycles. The smallest absolute Gasteiger partial charge is 0.324 e. The summed E-state index contributed by atoms with van der Waals surface area (Å²) in [6.07, 6.45) is 6.75. The number of anilines is 1. The van der Waals surface area contributed by atoms with Gasteiger partial charge in [-0.1, -0.05) is 51.1 Å². The number of nitrogens with zero attached hydrogens (tertiary/aromatic N) is 3. The third-order valence-corrected chi connectivity index (χ3v) is 7.49. The van der Waals surface area contributed by atoms with E-state index in [4.69, 9.17) is 9.26 Å². The quantitative estimate of drug-likeness (QED) is 0.473. The highest BCUT2D eigenvalue weighted by Crippen LogP contribution is 2.32. The van der Waals surface area contributed by atoms with Crippen LogP contribution in [-0.4, -0.2) is 54.0 Å². The molecule has 2 N–H and O–H groups in total. The second-order valence-corrected chi connectivity index (χ2v) is 11.6. The van der Waals surface area contributed by atoms with Gasteiger partial charge in [0, 0.05) is 43.5 Å². The predicted molar refractivity (Wildman–Crippen MR) is 144 cm³/mol. The zero-order chi connectivity index (χ0) is 26.4. The van der Waals surface area contributed by atoms with Gasteiger partial charge in [0.25, 0.3) is 0 Å². The number of aliphatic hydroxyl groups is 1. The fraction of sp³-hybridized carbons (Fsp3) is 0.621. The average molecular weight is 511 g/mol. The van der Waals surface area contributed by atoms with Crippen molar-refractivity contribution in [1.29, 1.82) is 0 Å². The summed E-state index contributed by atoms with van der Waals surface area (Å²) in [5.41, 5.74) is 2.20. The Labute approximate surface area is 220 Å². The van der Waals surface area contributed by atoms with Gasteiger partial charge in [0.05, 0.1) is 6.61 Å². The number of benzene rings is 1. The lowest BCUT2D eigenvalue weighted by atomic mass is 9.85. The Bertz CT molecular complexity index is 1050. The maximum atomic E-state index is 12.5. The number of carbonyl (C=O) groups excluding carboxylic acids is 1. The third kappa shape index (κ3) is 7.34. The number of hydrogen-bond acceptors (Lipinski definition) is 7. The lowest BCUT2D eigenvalue weighted by Crippen LogP contribution is -2.39. The molecule has 4 rings (SSSR count). The zero-order valence-electron chi connectivity index (χ0n) is 22.7. The van der Waals surface area contributed by atoms with Crippen molar-refractivity contribution >= 4 is 17.5 Å². The van der Waals surface area contributed by atoms with Crippen LogP contribution in [0.1, 0.15) is 77.1 Å². The molecule has 2 heterocycles. The van der Waals surface area contributed by atoms with Gasteiger partial charge >= 0.3 is 6.01 Å². The molecular weight excluding hydrogens is 468 g/mol. The summed E-state index contributed by atoms with van der Waals surface area (Å²) in [5.74, 6) is 2.52. The number of hydrogen-bond donors (Lipinski definition) is 2. The molecule has 1 aliphatic heterocycles. The minimum atomic E-state index is -0.292. The molecule has 1 aliphatic carbocycles. The van der Waals surface area contributed by atoms with E-state index >= 15 is 0 Å². The second kappa shape index (κ2) is 12.1. The Hall–Kier alpha value is -2.87. The first-order chi connectivity index (χ1) is 17.7. The van der Waals surface area contributed by atoms with Crippen LogP contribution in [-0.2, 0) is 4.79 Å². The van der Waals surface area contributed by atoms with Gasteiger partial charge in [0.15, 0.2) is 5.82 Å². The van der Waals surface area contributed by atoms with E-state index in [0.717, 1.165) is 56.8 Å². The minimum Gasteiger partial charge on any atom is -0.493 e. The summed E-state index contributed by atoms with van der Waals surface area (Å²) in [7, 11) is 0. The van der Waals surface area contributed by atoms with Crippen molar-refractivity contribution in [2.75, 3.05) is 37.7 Å². The zero-order valence-corrected chi connectivity index (χ0v) is 22.7. The fourth-order valence-corrected chi connectivity index (χ4v) is 4.72. The van der Waals surface area contributed by atoms with Crippen LogP contribution in [0.4, 0.5) is 6.01 Å². The van der Waals surface area contributed by atoms with Crippen LogP contribution < -0.4 is 15.0 Å². The fourth-order valence-electron chi connectivity index (χ4n) is 4.72. The van der Waals surface area contributed by atoms with Crippen molar-refractivity contribution in [2.24, 2.45) is 17.3 Å². The maximum absolute atomic E-state index is 12.5. The second-order valence-electron chi connectivity index (χ2n) is 11.6. The number of nitrogens with one attached hydrogen (secondary N) is 1. The molecule has 202 valence electrons. The number of amides is 1. The summed E-state index contributed by atoms with van der Waals surface area (Å²) in [4.78, 5) is 19.2. The van der Waals surface area contributed by atoms with Crippen LogP contribution in [0.15, 0.2) is 34.9 Å². The van der Waals surface area contributed by atoms with Gasteiger partial charge in [-0.05, 0) is 61.3 Å². The van der Waals surface area contributed by atoms with E-state index in [-0.39, 0.29) is 29.8 Å². The number of aromatic nitrogens is 2. The molecular formula is C29H42N4O4. The van der Waals surface area contributed by atoms with Crippen molar-refractivity contribution in [1.82, 2.24) is 15.5 Å². The summed E-state index contributed by atoms with van der Waals surface area (Å²) in [6.45, 7) is 11.1. The lowest BCUT2D eigenvalue weighted by molar-refractivity contribution is -0.125. The van der Waals surface area contributed by atoms with Gasteiger partial charge in [-0.3, -0.25) is 4.79 Å². The summed E-state index contributed by atoms with van der Waals surface area (Å²) in [5, 5.41) is 16.5. The Balaban J connectivity index is 1.20. The highest BCUT2D eigenvalue weighted by atomic mass is 16.5. The molecule has 0 spiro atoms. The van der Waals surface area contributed by atoms with Gasteiger partial charge in [0.2, 0.25) is 5.91 Å². The first-order valence-corrected chi connectivity index (χ1v) is 13.6. The SMILES string of the molecule is CC(C)c1noc(N2CCC(COc3ccc(C4=CCC(C(=O)NCC(C)(C)CO)CC4)cc3)CC2)n1. The van der Waals surface area contributed by atoms with Gasteiger partial charge in [-0.15, -0.1) is 0 Å². The molecule has 8 heteroatoms. The molecule has 0 bridgehead atoms. The van der Waals surface area contributed by atoms with Gasteiger partial charge < -0.3 is 24.6 Å². The van der Waals surface area contributed by atoms with Crippen LogP contribution in [0, 0.1) is 17.3 Å². The van der Waals surface area contributed by atoms with E-state index in [0.29, 0.717) is 25.1 Å². The van der Waals surface area contributed by atoms with Crippen LogP contribution in [0.5, 0.6) is 5.75 Å². The molecule has 1 atom stereocenters. The van der Waals surface area contributed by atoms with Gasteiger partial charge in [-0.25, -0.2) is 0 Å². The van der Waals surface area contributed by atoms with E-state index in [1.54, 1.807) is 0 Å². The molecule has 1 aromatic heterocycles. The Kier molecular flexibility index (Phi) is 8.90. The monoisotopic (exact) mass is 510 g/mol. The molecule has 37 heavy (non-hydrogen) atoms. The highest BCUT2D eigenvalue weighted by molar-refractivity contribution is 5.80. The van der Waals surface area contributed by atoms with Crippen LogP contribution in [0.25, 0.3) is 5.57 Å². The van der Waals surface area contributed by atoms with Crippen LogP contribution >= 0.6 is 0 Å². The van der Waals surface area contributed by atoms with E-state index in [2.05, 4.69) is 52.4 Å². The van der Waals surface area contributed by atoms with Crippen molar-refractivity contribution in [2.45, 2.75) is 65.7 Å². The van der Waals surface area contributed by atoms with Gasteiger partial charge in [-0.2, -0.15) is 4.98 Å². The van der Waals surface area contributed by atoms with E-state index in [1.807, 2.05) is 26.0 Å². The van der Waals surface area contributed by atoms with Crippen LogP contribution in [0.2, 0.25) is 0 Å². The molecule has 0 radical (unpaired) electrons. The van der Waals surface area contributed by atoms with Crippen molar-refractivity contribution in [3.8, 4) is 5.75 Å². The largest absolute Gasteiger partial charge is 0.493 e. The number of carbonyl (C=O) groups is 1. The summed E-state index contributed by atoms with van der Waals surface area (Å²) in [6, 6.07) is 8.97. The number of rotatable bonds is 10. The third-order valence-electron chi connectivity index (χ3n) is 7.49. The molecule has 1 saturated heterocycles. The van der Waals surface area contributed by atoms with E-state index in [9.17, 15) is 9.90 Å². The number of allylic oxidation sites excluding steroid dienone is 2. The summed E-state index contributed by atoms with van der Waals surface area (Å²) >= 11 is 0. The van der Waals surface area contributed by atoms with Crippen molar-refractivity contribution in [3.63, 3.8) is 0 Å². The van der Waals surface area contributed by atoms with Crippen molar-refractivity contribution in [3.05, 3.63) is 41.7 Å². The normalized spacial score (nSPS) is 19.1. The van der Waals surface area contributed by atoms with Crippen molar-refractivity contribution < 1.29 is 19.2 Å². The minimum absolute atomic E-state index is 0.00403. The average Bonchev–Trinajstić information content (AvgIpc) is 3.42. The molecule has 2 aliphatic rings. The molecule has 1 unspecified atom stereocenters. The topological polar surface area (TPSA) is 101 Å². The first-order valence-electron chi connectivity index (χ1n) is 13.6. The Morgan fingerprint density at radius 1 is 1.22 bits per heavy atom. The summed E-state index contributed by atoms with van der Waals surface area (Å²) < 4.78 is 11.6. The predicted octanol–water partition coefficient (Wildman–Crippen LogP) is 4.81. The number of aliphatic hydroxyl groups excluding tert-OH is 1. The van der Waals surface area contributed by atoms with Gasteiger partial charge in [0.1, 0.15) is 5.75 Å². The molecule has 1 amide bonds. The molecule has 1 aromatic carbocycles. The number of piperidine rings is 1. The Morgan fingerprint density at radius 3 is 2.54 bits per heavy atom. The van der Waals surface area contributed by atoms with E-state index < -0.39 is 0 Å². The standard InChI is InChI=1S/C29H42N4O4/c1-20(2)26-31-28(37-32-26)33-15-13-21(14-16-33)17-36-25-11-9-23(10-12-25)22-5-7-24(8-6-22)27(35)30-18-29(3,4)19-34/h5,9-12,20-21,24,34H,6-8,13-19H2,1-4H3,(H,30,35). The highest BCUT2D eigenvalue weighted by Gasteiger charge is 2.26. The first kappa shape index (κ1) is 27.2.